The number of morpholine rings is 1. The van der Waals surface area contributed by atoms with Crippen molar-refractivity contribution < 1.29 is 34.0 Å². The highest BCUT2D eigenvalue weighted by atomic mass is 35.5. The number of aryl methyl sites for hydroxylation is 1. The van der Waals surface area contributed by atoms with Gasteiger partial charge in [0, 0.05) is 30.8 Å². The van der Waals surface area contributed by atoms with Gasteiger partial charge < -0.3 is 24.4 Å². The van der Waals surface area contributed by atoms with E-state index in [1.165, 1.54) is 24.3 Å². The Morgan fingerprint density at radius 1 is 0.805 bits per heavy atom. The Hall–Kier alpha value is -3.59. The van der Waals surface area contributed by atoms with Crippen LogP contribution in [-0.2, 0) is 4.74 Å². The molecule has 8 nitrogen and oxygen atoms in total. The Labute approximate surface area is 247 Å². The van der Waals surface area contributed by atoms with Gasteiger partial charge in [-0.15, -0.1) is 12.4 Å². The van der Waals surface area contributed by atoms with E-state index in [0.29, 0.717) is 5.56 Å². The third-order valence-corrected chi connectivity index (χ3v) is 6.83. The molecule has 9 heteroatoms. The Bertz CT molecular complexity index is 1320. The fraction of sp³-hybridized carbons (Fsp3) is 0.375. The minimum absolute atomic E-state index is 0. The van der Waals surface area contributed by atoms with Gasteiger partial charge >= 0.3 is 0 Å². The molecule has 0 bridgehead atoms. The summed E-state index contributed by atoms with van der Waals surface area (Å²) in [6.45, 7) is 10.3. The van der Waals surface area contributed by atoms with Crippen LogP contribution >= 0.6 is 12.4 Å². The first-order valence-corrected chi connectivity index (χ1v) is 13.8. The van der Waals surface area contributed by atoms with E-state index in [2.05, 4.69) is 11.8 Å². The lowest BCUT2D eigenvalue weighted by atomic mass is 9.82. The number of fused-ring (bicyclic) bond motifs is 2. The number of halogens is 1. The molecule has 1 aliphatic heterocycles. The van der Waals surface area contributed by atoms with Gasteiger partial charge in [0.05, 0.1) is 37.6 Å². The second-order valence-corrected chi connectivity index (χ2v) is 9.89. The van der Waals surface area contributed by atoms with Crippen molar-refractivity contribution >= 4 is 24.0 Å². The van der Waals surface area contributed by atoms with Crippen LogP contribution in [0, 0.1) is 6.92 Å². The molecule has 0 atom stereocenters. The number of hydrogen-bond donors (Lipinski definition) is 2. The van der Waals surface area contributed by atoms with Gasteiger partial charge in [0.1, 0.15) is 23.0 Å². The van der Waals surface area contributed by atoms with Crippen LogP contribution < -0.4 is 9.47 Å². The molecule has 220 valence electrons. The average Bonchev–Trinajstić information content (AvgIpc) is 2.95. The second-order valence-electron chi connectivity index (χ2n) is 9.89. The molecule has 1 aliphatic carbocycles. The molecule has 1 saturated heterocycles. The molecule has 2 aliphatic rings. The molecule has 0 saturated carbocycles. The number of benzene rings is 3. The fourth-order valence-electron chi connectivity index (χ4n) is 4.69. The summed E-state index contributed by atoms with van der Waals surface area (Å²) in [5, 5.41) is 19.6. The summed E-state index contributed by atoms with van der Waals surface area (Å²) in [6, 6.07) is 15.3. The van der Waals surface area contributed by atoms with Gasteiger partial charge in [0.2, 0.25) is 5.78 Å². The number of ether oxygens (including phenoxy) is 3. The lowest BCUT2D eigenvalue weighted by molar-refractivity contribution is 0.0358. The van der Waals surface area contributed by atoms with Crippen molar-refractivity contribution in [3.8, 4) is 23.0 Å². The molecule has 0 radical (unpaired) electrons. The van der Waals surface area contributed by atoms with E-state index in [1.54, 1.807) is 13.0 Å². The minimum Gasteiger partial charge on any atom is -0.507 e. The monoisotopic (exact) mass is 583 g/mol. The number of rotatable bonds is 9. The Kier molecular flexibility index (Phi) is 12.0. The quantitative estimate of drug-likeness (QED) is 0.246. The molecular weight excluding hydrogens is 546 g/mol. The first-order valence-electron chi connectivity index (χ1n) is 13.8. The van der Waals surface area contributed by atoms with Crippen LogP contribution in [0.1, 0.15) is 63.6 Å². The van der Waals surface area contributed by atoms with Gasteiger partial charge in [-0.2, -0.15) is 0 Å². The molecule has 5 rings (SSSR count). The van der Waals surface area contributed by atoms with E-state index in [1.807, 2.05) is 24.3 Å². The molecule has 41 heavy (non-hydrogen) atoms. The maximum absolute atomic E-state index is 12.3. The van der Waals surface area contributed by atoms with Crippen molar-refractivity contribution in [2.45, 2.75) is 33.1 Å². The Morgan fingerprint density at radius 2 is 1.41 bits per heavy atom. The standard InChI is InChI=1S/C17H27NO3.C15H10O4.ClH/c1-2-3-12-20-16-5-7-17(8-6-16)21-13-4-9-18-10-14-19-15-11-18;1-7-5-9-13(11(17)6-7)15(19)12-8(14(9)18)3-2-4-10(12)16;/h5-8H,2-4,9-15H2,1H3;2-6,16-17H,1H3;1H. The number of carbonyl (C=O) groups excluding carboxylic acids is 2. The van der Waals surface area contributed by atoms with Crippen LogP contribution in [0.3, 0.4) is 0 Å². The van der Waals surface area contributed by atoms with Gasteiger partial charge in [-0.1, -0.05) is 25.5 Å². The summed E-state index contributed by atoms with van der Waals surface area (Å²) in [5.74, 6) is 0.465. The third kappa shape index (κ3) is 8.22. The number of unbranched alkanes of at least 4 members (excludes halogenated alkanes) is 1. The number of nitrogens with zero attached hydrogens (tertiary/aromatic N) is 1. The topological polar surface area (TPSA) is 106 Å². The second kappa shape index (κ2) is 15.4. The average molecular weight is 584 g/mol. The van der Waals surface area contributed by atoms with Crippen molar-refractivity contribution in [3.63, 3.8) is 0 Å². The van der Waals surface area contributed by atoms with Crippen LogP contribution in [0.2, 0.25) is 0 Å². The molecule has 1 heterocycles. The molecule has 0 spiro atoms. The normalized spacial score (nSPS) is 14.2. The molecule has 0 amide bonds. The van der Waals surface area contributed by atoms with Crippen molar-refractivity contribution in [2.24, 2.45) is 0 Å². The fourth-order valence-corrected chi connectivity index (χ4v) is 4.69. The van der Waals surface area contributed by atoms with E-state index >= 15 is 0 Å². The molecule has 0 unspecified atom stereocenters. The van der Waals surface area contributed by atoms with E-state index in [-0.39, 0.29) is 51.9 Å². The van der Waals surface area contributed by atoms with E-state index < -0.39 is 5.78 Å². The zero-order valence-electron chi connectivity index (χ0n) is 23.6. The van der Waals surface area contributed by atoms with Gasteiger partial charge in [-0.3, -0.25) is 14.5 Å². The first-order chi connectivity index (χ1) is 19.4. The SMILES string of the molecule is CCCCOc1ccc(OCCCN2CCOCC2)cc1.Cc1cc(O)c2c(c1)C(=O)c1cccc(O)c1C2=O.Cl. The highest BCUT2D eigenvalue weighted by molar-refractivity contribution is 6.30. The largest absolute Gasteiger partial charge is 0.507 e. The van der Waals surface area contributed by atoms with Crippen LogP contribution in [0.15, 0.2) is 54.6 Å². The van der Waals surface area contributed by atoms with Crippen LogP contribution in [0.25, 0.3) is 0 Å². The van der Waals surface area contributed by atoms with E-state index in [0.717, 1.165) is 76.8 Å². The van der Waals surface area contributed by atoms with Gasteiger partial charge in [0.25, 0.3) is 0 Å². The maximum atomic E-state index is 12.3. The van der Waals surface area contributed by atoms with Crippen LogP contribution in [0.5, 0.6) is 23.0 Å². The summed E-state index contributed by atoms with van der Waals surface area (Å²) < 4.78 is 16.7. The lowest BCUT2D eigenvalue weighted by Crippen LogP contribution is -2.37. The number of carbonyl (C=O) groups is 2. The number of ketones is 2. The minimum atomic E-state index is -0.528. The zero-order chi connectivity index (χ0) is 28.5. The predicted molar refractivity (Wildman–Crippen MR) is 159 cm³/mol. The number of aromatic hydroxyl groups is 2. The summed E-state index contributed by atoms with van der Waals surface area (Å²) >= 11 is 0. The molecule has 3 aromatic carbocycles. The summed E-state index contributed by atoms with van der Waals surface area (Å²) in [7, 11) is 0. The van der Waals surface area contributed by atoms with Crippen molar-refractivity contribution in [1.29, 1.82) is 0 Å². The highest BCUT2D eigenvalue weighted by Gasteiger charge is 2.34. The number of phenols is 2. The summed E-state index contributed by atoms with van der Waals surface area (Å²) in [4.78, 5) is 27.1. The predicted octanol–water partition coefficient (Wildman–Crippen LogP) is 5.57. The maximum Gasteiger partial charge on any atom is 0.201 e. The lowest BCUT2D eigenvalue weighted by Gasteiger charge is -2.26. The Balaban J connectivity index is 0.000000221. The summed E-state index contributed by atoms with van der Waals surface area (Å²) in [5.41, 5.74) is 0.966. The van der Waals surface area contributed by atoms with Crippen molar-refractivity contribution in [3.05, 3.63) is 82.4 Å². The molecule has 0 aromatic heterocycles. The summed E-state index contributed by atoms with van der Waals surface area (Å²) in [6.07, 6.45) is 3.30. The van der Waals surface area contributed by atoms with Crippen LogP contribution in [0.4, 0.5) is 0 Å². The molecule has 1 fully saturated rings. The van der Waals surface area contributed by atoms with Crippen LogP contribution in [-0.4, -0.2) is 72.7 Å². The smallest absolute Gasteiger partial charge is 0.201 e. The van der Waals surface area contributed by atoms with Gasteiger partial charge in [-0.05, 0) is 67.8 Å². The number of phenolic OH excluding ortho intramolecular Hbond substituents is 2. The van der Waals surface area contributed by atoms with Crippen molar-refractivity contribution in [2.75, 3.05) is 46.1 Å². The zero-order valence-corrected chi connectivity index (χ0v) is 24.4. The molecule has 3 aromatic rings. The molecule has 2 N–H and O–H groups in total. The molecular formula is C32H38ClNO7. The third-order valence-electron chi connectivity index (χ3n) is 6.83. The first kappa shape index (κ1) is 31.9. The van der Waals surface area contributed by atoms with Gasteiger partial charge in [0.15, 0.2) is 5.78 Å². The Morgan fingerprint density at radius 3 is 2.05 bits per heavy atom. The number of hydrogen-bond acceptors (Lipinski definition) is 8. The van der Waals surface area contributed by atoms with E-state index in [4.69, 9.17) is 14.2 Å². The van der Waals surface area contributed by atoms with Crippen molar-refractivity contribution in [1.82, 2.24) is 4.90 Å². The van der Waals surface area contributed by atoms with E-state index in [9.17, 15) is 19.8 Å². The van der Waals surface area contributed by atoms with Gasteiger partial charge in [-0.25, -0.2) is 0 Å². The highest BCUT2D eigenvalue weighted by Crippen LogP contribution is 2.36.